The molecule has 0 radical (unpaired) electrons. The van der Waals surface area contributed by atoms with Gasteiger partial charge in [-0.15, -0.1) is 0 Å². The topological polar surface area (TPSA) is 26.0 Å². The average Bonchev–Trinajstić information content (AvgIpc) is 2.12. The first kappa shape index (κ1) is 11.2. The SMILES string of the molecule is CC(N)CC1CC(c2ccccc2Br)C1. The minimum atomic E-state index is 0.357. The van der Waals surface area contributed by atoms with Crippen molar-refractivity contribution in [3.8, 4) is 0 Å². The van der Waals surface area contributed by atoms with Crippen LogP contribution in [0.2, 0.25) is 0 Å². The summed E-state index contributed by atoms with van der Waals surface area (Å²) in [4.78, 5) is 0. The molecule has 1 saturated carbocycles. The lowest BCUT2D eigenvalue weighted by atomic mass is 9.69. The second-order valence-electron chi connectivity index (χ2n) is 4.77. The molecule has 2 rings (SSSR count). The van der Waals surface area contributed by atoms with Crippen LogP contribution in [-0.4, -0.2) is 6.04 Å². The number of benzene rings is 1. The Labute approximate surface area is 100 Å². The maximum Gasteiger partial charge on any atom is 0.0210 e. The van der Waals surface area contributed by atoms with Gasteiger partial charge in [0, 0.05) is 10.5 Å². The molecule has 0 spiro atoms. The number of hydrogen-bond acceptors (Lipinski definition) is 1. The maximum absolute atomic E-state index is 5.81. The number of nitrogens with two attached hydrogens (primary N) is 1. The van der Waals surface area contributed by atoms with Crippen molar-refractivity contribution in [1.82, 2.24) is 0 Å². The van der Waals surface area contributed by atoms with E-state index in [1.54, 1.807) is 0 Å². The smallest absolute Gasteiger partial charge is 0.0210 e. The molecule has 0 amide bonds. The Kier molecular flexibility index (Phi) is 3.47. The Balaban J connectivity index is 1.92. The van der Waals surface area contributed by atoms with Crippen molar-refractivity contribution in [2.45, 2.75) is 38.1 Å². The van der Waals surface area contributed by atoms with E-state index in [1.165, 1.54) is 29.3 Å². The van der Waals surface area contributed by atoms with Crippen LogP contribution in [0.25, 0.3) is 0 Å². The lowest BCUT2D eigenvalue weighted by Gasteiger charge is -2.37. The standard InChI is InChI=1S/C13H18BrN/c1-9(15)6-10-7-11(8-10)12-4-2-3-5-13(12)14/h2-5,9-11H,6-8,15H2,1H3. The second-order valence-corrected chi connectivity index (χ2v) is 5.62. The van der Waals surface area contributed by atoms with Crippen molar-refractivity contribution in [2.75, 3.05) is 0 Å². The molecule has 2 N–H and O–H groups in total. The Hall–Kier alpha value is -0.340. The second kappa shape index (κ2) is 4.67. The summed E-state index contributed by atoms with van der Waals surface area (Å²) in [6.07, 6.45) is 3.80. The molecule has 1 aromatic carbocycles. The quantitative estimate of drug-likeness (QED) is 0.889. The van der Waals surface area contributed by atoms with Crippen LogP contribution < -0.4 is 5.73 Å². The fraction of sp³-hybridized carbons (Fsp3) is 0.538. The first-order valence-electron chi connectivity index (χ1n) is 5.67. The normalized spacial score (nSPS) is 27.1. The maximum atomic E-state index is 5.81. The van der Waals surface area contributed by atoms with Crippen LogP contribution in [0.1, 0.15) is 37.7 Å². The van der Waals surface area contributed by atoms with E-state index in [9.17, 15) is 0 Å². The minimum absolute atomic E-state index is 0.357. The van der Waals surface area contributed by atoms with Gasteiger partial charge < -0.3 is 5.73 Å². The van der Waals surface area contributed by atoms with E-state index in [0.717, 1.165) is 11.8 Å². The molecule has 1 unspecified atom stereocenters. The predicted octanol–water partition coefficient (Wildman–Crippen LogP) is 3.68. The molecule has 1 aliphatic rings. The van der Waals surface area contributed by atoms with Gasteiger partial charge in [-0.2, -0.15) is 0 Å². The van der Waals surface area contributed by atoms with Gasteiger partial charge in [0.05, 0.1) is 0 Å². The summed E-state index contributed by atoms with van der Waals surface area (Å²) in [6, 6.07) is 8.92. The summed E-state index contributed by atoms with van der Waals surface area (Å²) >= 11 is 3.62. The van der Waals surface area contributed by atoms with Crippen LogP contribution in [0, 0.1) is 5.92 Å². The largest absolute Gasteiger partial charge is 0.328 e. The van der Waals surface area contributed by atoms with E-state index in [2.05, 4.69) is 47.1 Å². The predicted molar refractivity (Wildman–Crippen MR) is 67.9 cm³/mol. The molecule has 1 nitrogen and oxygen atoms in total. The molecule has 1 fully saturated rings. The van der Waals surface area contributed by atoms with E-state index >= 15 is 0 Å². The lowest BCUT2D eigenvalue weighted by molar-refractivity contribution is 0.236. The summed E-state index contributed by atoms with van der Waals surface area (Å²) in [6.45, 7) is 2.10. The van der Waals surface area contributed by atoms with Gasteiger partial charge >= 0.3 is 0 Å². The van der Waals surface area contributed by atoms with E-state index in [-0.39, 0.29) is 0 Å². The van der Waals surface area contributed by atoms with E-state index < -0.39 is 0 Å². The average molecular weight is 268 g/mol. The lowest BCUT2D eigenvalue weighted by Crippen LogP contribution is -2.28. The van der Waals surface area contributed by atoms with Gasteiger partial charge in [-0.25, -0.2) is 0 Å². The molecule has 0 saturated heterocycles. The molecule has 82 valence electrons. The monoisotopic (exact) mass is 267 g/mol. The zero-order valence-corrected chi connectivity index (χ0v) is 10.7. The van der Waals surface area contributed by atoms with Crippen LogP contribution in [0.15, 0.2) is 28.7 Å². The zero-order valence-electron chi connectivity index (χ0n) is 9.12. The van der Waals surface area contributed by atoms with Crippen LogP contribution in [0.4, 0.5) is 0 Å². The summed E-state index contributed by atoms with van der Waals surface area (Å²) < 4.78 is 1.26. The van der Waals surface area contributed by atoms with Crippen molar-refractivity contribution in [1.29, 1.82) is 0 Å². The fourth-order valence-corrected chi connectivity index (χ4v) is 3.12. The molecule has 0 aliphatic heterocycles. The summed E-state index contributed by atoms with van der Waals surface area (Å²) in [7, 11) is 0. The van der Waals surface area contributed by atoms with Crippen molar-refractivity contribution in [3.63, 3.8) is 0 Å². The molecular weight excluding hydrogens is 250 g/mol. The van der Waals surface area contributed by atoms with Crippen molar-refractivity contribution < 1.29 is 0 Å². The third-order valence-corrected chi connectivity index (χ3v) is 4.01. The van der Waals surface area contributed by atoms with Gasteiger partial charge in [0.2, 0.25) is 0 Å². The molecule has 0 heterocycles. The van der Waals surface area contributed by atoms with Crippen molar-refractivity contribution in [2.24, 2.45) is 11.7 Å². The molecule has 1 atom stereocenters. The Morgan fingerprint density at radius 2 is 2.07 bits per heavy atom. The van der Waals surface area contributed by atoms with Gasteiger partial charge in [0.25, 0.3) is 0 Å². The third kappa shape index (κ3) is 2.61. The molecule has 2 heteroatoms. The van der Waals surface area contributed by atoms with Gasteiger partial charge in [0.1, 0.15) is 0 Å². The minimum Gasteiger partial charge on any atom is -0.328 e. The van der Waals surface area contributed by atoms with E-state index in [1.807, 2.05) is 0 Å². The van der Waals surface area contributed by atoms with Crippen LogP contribution in [-0.2, 0) is 0 Å². The van der Waals surface area contributed by atoms with Crippen LogP contribution in [0.3, 0.4) is 0 Å². The Bertz CT molecular complexity index is 329. The van der Waals surface area contributed by atoms with Gasteiger partial charge in [-0.3, -0.25) is 0 Å². The Morgan fingerprint density at radius 1 is 1.40 bits per heavy atom. The highest BCUT2D eigenvalue weighted by atomic mass is 79.9. The Morgan fingerprint density at radius 3 is 2.67 bits per heavy atom. The first-order chi connectivity index (χ1) is 7.16. The van der Waals surface area contributed by atoms with Gasteiger partial charge in [-0.1, -0.05) is 34.1 Å². The molecule has 15 heavy (non-hydrogen) atoms. The van der Waals surface area contributed by atoms with Crippen LogP contribution in [0.5, 0.6) is 0 Å². The van der Waals surface area contributed by atoms with Crippen molar-refractivity contribution in [3.05, 3.63) is 34.3 Å². The summed E-state index contributed by atoms with van der Waals surface area (Å²) in [5, 5.41) is 0. The fourth-order valence-electron chi connectivity index (χ4n) is 2.51. The molecule has 1 aliphatic carbocycles. The van der Waals surface area contributed by atoms with Crippen molar-refractivity contribution >= 4 is 15.9 Å². The summed E-state index contributed by atoms with van der Waals surface area (Å²) in [5.74, 6) is 1.60. The molecule has 0 bridgehead atoms. The number of rotatable bonds is 3. The molecule has 1 aromatic rings. The number of halogens is 1. The van der Waals surface area contributed by atoms with Crippen LogP contribution >= 0.6 is 15.9 Å². The highest BCUT2D eigenvalue weighted by Crippen LogP contribution is 2.45. The molecule has 0 aromatic heterocycles. The molecular formula is C13H18BrN. The zero-order chi connectivity index (χ0) is 10.8. The summed E-state index contributed by atoms with van der Waals surface area (Å²) in [5.41, 5.74) is 7.28. The third-order valence-electron chi connectivity index (χ3n) is 3.29. The van der Waals surface area contributed by atoms with Gasteiger partial charge in [0.15, 0.2) is 0 Å². The first-order valence-corrected chi connectivity index (χ1v) is 6.46. The van der Waals surface area contributed by atoms with E-state index in [4.69, 9.17) is 5.73 Å². The van der Waals surface area contributed by atoms with E-state index in [0.29, 0.717) is 6.04 Å². The van der Waals surface area contributed by atoms with Gasteiger partial charge in [-0.05, 0) is 49.7 Å². The number of hydrogen-bond donors (Lipinski definition) is 1. The highest BCUT2D eigenvalue weighted by molar-refractivity contribution is 9.10. The highest BCUT2D eigenvalue weighted by Gasteiger charge is 2.31.